The third-order valence-electron chi connectivity index (χ3n) is 6.01. The molecule has 2 aromatic carbocycles. The van der Waals surface area contributed by atoms with Gasteiger partial charge in [-0.05, 0) is 40.3 Å². The Balaban J connectivity index is 1.32. The highest BCUT2D eigenvalue weighted by molar-refractivity contribution is 5.86. The molecule has 3 N–H and O–H groups in total. The van der Waals surface area contributed by atoms with Crippen molar-refractivity contribution < 1.29 is 24.2 Å². The highest BCUT2D eigenvalue weighted by atomic mass is 16.5. The maximum Gasteiger partial charge on any atom is 0.411 e. The van der Waals surface area contributed by atoms with Crippen molar-refractivity contribution in [1.82, 2.24) is 10.3 Å². The second-order valence-electron chi connectivity index (χ2n) is 8.79. The molecule has 0 bridgehead atoms. The molecule has 180 valence electrons. The van der Waals surface area contributed by atoms with Crippen LogP contribution in [0, 0.1) is 5.92 Å². The second-order valence-corrected chi connectivity index (χ2v) is 8.79. The number of carboxylic acids is 1. The molecule has 1 atom stereocenters. The van der Waals surface area contributed by atoms with E-state index in [1.165, 1.54) is 6.20 Å². The fraction of sp³-hybridized carbons (Fsp3) is 0.259. The van der Waals surface area contributed by atoms with Gasteiger partial charge in [0, 0.05) is 11.6 Å². The van der Waals surface area contributed by atoms with Gasteiger partial charge in [-0.1, -0.05) is 62.4 Å². The molecule has 4 rings (SSSR count). The quantitative estimate of drug-likeness (QED) is 0.451. The number of carboxylic acid groups (broad SMARTS) is 1. The van der Waals surface area contributed by atoms with Crippen molar-refractivity contribution in [3.05, 3.63) is 83.7 Å². The van der Waals surface area contributed by atoms with E-state index in [0.717, 1.165) is 22.3 Å². The number of carbonyl (C=O) groups is 3. The monoisotopic (exact) mass is 473 g/mol. The van der Waals surface area contributed by atoms with E-state index in [9.17, 15) is 19.5 Å². The number of benzene rings is 2. The molecule has 0 fully saturated rings. The average molecular weight is 474 g/mol. The van der Waals surface area contributed by atoms with Crippen LogP contribution in [0.15, 0.2) is 66.9 Å². The molecule has 1 heterocycles. The van der Waals surface area contributed by atoms with Crippen LogP contribution in [-0.4, -0.2) is 40.7 Å². The van der Waals surface area contributed by atoms with Gasteiger partial charge in [0.25, 0.3) is 0 Å². The van der Waals surface area contributed by atoms with Crippen molar-refractivity contribution in [2.45, 2.75) is 32.2 Å². The topological polar surface area (TPSA) is 118 Å². The van der Waals surface area contributed by atoms with Crippen LogP contribution >= 0.6 is 0 Å². The minimum atomic E-state index is -1.08. The standard InChI is InChI=1S/C27H27N3O5/c1-16(2)25(26(32)33)30-24(31)13-17-11-12-18(14-28-17)29-27(34)35-15-23-21-9-5-3-7-19(21)20-8-4-6-10-22(20)23/h3-12,14,16,23,25H,13,15H2,1-2H3,(H,29,34)(H,30,31)(H,32,33). The normalized spacial score (nSPS) is 13.0. The number of pyridine rings is 1. The third kappa shape index (κ3) is 5.48. The Kier molecular flexibility index (Phi) is 7.10. The molecule has 1 aliphatic rings. The molecule has 1 aliphatic carbocycles. The lowest BCUT2D eigenvalue weighted by molar-refractivity contribution is -0.143. The van der Waals surface area contributed by atoms with E-state index in [0.29, 0.717) is 11.4 Å². The Morgan fingerprint density at radius 2 is 1.60 bits per heavy atom. The molecule has 3 aromatic rings. The van der Waals surface area contributed by atoms with Crippen LogP contribution in [0.1, 0.15) is 36.6 Å². The maximum atomic E-state index is 12.4. The van der Waals surface area contributed by atoms with E-state index in [2.05, 4.69) is 39.9 Å². The summed E-state index contributed by atoms with van der Waals surface area (Å²) >= 11 is 0. The molecule has 0 spiro atoms. The zero-order valence-corrected chi connectivity index (χ0v) is 19.5. The van der Waals surface area contributed by atoms with E-state index < -0.39 is 24.0 Å². The molecule has 8 nitrogen and oxygen atoms in total. The molecule has 1 aromatic heterocycles. The number of amides is 2. The average Bonchev–Trinajstić information content (AvgIpc) is 3.16. The molecule has 0 aliphatic heterocycles. The summed E-state index contributed by atoms with van der Waals surface area (Å²) in [5.41, 5.74) is 5.46. The van der Waals surface area contributed by atoms with Gasteiger partial charge < -0.3 is 15.2 Å². The van der Waals surface area contributed by atoms with Gasteiger partial charge in [-0.15, -0.1) is 0 Å². The van der Waals surface area contributed by atoms with Gasteiger partial charge in [0.2, 0.25) is 5.91 Å². The molecule has 35 heavy (non-hydrogen) atoms. The van der Waals surface area contributed by atoms with Crippen LogP contribution in [0.4, 0.5) is 10.5 Å². The number of nitrogens with zero attached hydrogens (tertiary/aromatic N) is 1. The highest BCUT2D eigenvalue weighted by Crippen LogP contribution is 2.44. The van der Waals surface area contributed by atoms with Crippen molar-refractivity contribution in [2.24, 2.45) is 5.92 Å². The van der Waals surface area contributed by atoms with E-state index in [1.54, 1.807) is 26.0 Å². The Morgan fingerprint density at radius 3 is 2.14 bits per heavy atom. The van der Waals surface area contributed by atoms with Gasteiger partial charge >= 0.3 is 12.1 Å². The van der Waals surface area contributed by atoms with E-state index >= 15 is 0 Å². The lowest BCUT2D eigenvalue weighted by atomic mass is 9.98. The highest BCUT2D eigenvalue weighted by Gasteiger charge is 2.29. The van der Waals surface area contributed by atoms with Crippen LogP contribution in [0.3, 0.4) is 0 Å². The number of anilines is 1. The molecular weight excluding hydrogens is 446 g/mol. The number of ether oxygens (including phenoxy) is 1. The van der Waals surface area contributed by atoms with Crippen molar-refractivity contribution in [3.8, 4) is 11.1 Å². The minimum Gasteiger partial charge on any atom is -0.480 e. The Hall–Kier alpha value is -4.20. The summed E-state index contributed by atoms with van der Waals surface area (Å²) in [6.45, 7) is 3.65. The second kappa shape index (κ2) is 10.4. The lowest BCUT2D eigenvalue weighted by Crippen LogP contribution is -2.44. The first-order chi connectivity index (χ1) is 16.8. The number of hydrogen-bond acceptors (Lipinski definition) is 5. The number of aromatic nitrogens is 1. The zero-order valence-electron chi connectivity index (χ0n) is 19.5. The van der Waals surface area contributed by atoms with Crippen molar-refractivity contribution in [1.29, 1.82) is 0 Å². The fourth-order valence-corrected chi connectivity index (χ4v) is 4.26. The summed E-state index contributed by atoms with van der Waals surface area (Å²) in [5.74, 6) is -1.79. The predicted molar refractivity (Wildman–Crippen MR) is 131 cm³/mol. The van der Waals surface area contributed by atoms with Gasteiger partial charge in [-0.25, -0.2) is 9.59 Å². The van der Waals surface area contributed by atoms with Gasteiger partial charge in [0.15, 0.2) is 0 Å². The van der Waals surface area contributed by atoms with Crippen LogP contribution in [0.5, 0.6) is 0 Å². The number of rotatable bonds is 8. The van der Waals surface area contributed by atoms with Crippen LogP contribution in [-0.2, 0) is 20.7 Å². The van der Waals surface area contributed by atoms with E-state index in [-0.39, 0.29) is 24.9 Å². The summed E-state index contributed by atoms with van der Waals surface area (Å²) in [5, 5.41) is 14.4. The summed E-state index contributed by atoms with van der Waals surface area (Å²) in [4.78, 5) is 40.0. The van der Waals surface area contributed by atoms with Crippen molar-refractivity contribution in [2.75, 3.05) is 11.9 Å². The molecular formula is C27H27N3O5. The van der Waals surface area contributed by atoms with Crippen molar-refractivity contribution >= 4 is 23.7 Å². The smallest absolute Gasteiger partial charge is 0.411 e. The Morgan fingerprint density at radius 1 is 0.971 bits per heavy atom. The number of hydrogen-bond donors (Lipinski definition) is 3. The molecule has 1 unspecified atom stereocenters. The molecule has 0 radical (unpaired) electrons. The predicted octanol–water partition coefficient (Wildman–Crippen LogP) is 4.21. The zero-order chi connectivity index (χ0) is 24.9. The Bertz CT molecular complexity index is 1190. The SMILES string of the molecule is CC(C)C(NC(=O)Cc1ccc(NC(=O)OCC2c3ccccc3-c3ccccc32)cn1)C(=O)O. The first kappa shape index (κ1) is 23.9. The molecule has 8 heteroatoms. The summed E-state index contributed by atoms with van der Waals surface area (Å²) in [7, 11) is 0. The summed E-state index contributed by atoms with van der Waals surface area (Å²) in [6.07, 6.45) is 0.767. The first-order valence-corrected chi connectivity index (χ1v) is 11.4. The number of fused-ring (bicyclic) bond motifs is 3. The summed E-state index contributed by atoms with van der Waals surface area (Å²) in [6, 6.07) is 18.5. The van der Waals surface area contributed by atoms with Crippen molar-refractivity contribution in [3.63, 3.8) is 0 Å². The number of nitrogens with one attached hydrogen (secondary N) is 2. The third-order valence-corrected chi connectivity index (χ3v) is 6.01. The molecule has 0 saturated carbocycles. The van der Waals surface area contributed by atoms with Gasteiger partial charge in [0.1, 0.15) is 12.6 Å². The van der Waals surface area contributed by atoms with Crippen LogP contribution in [0.25, 0.3) is 11.1 Å². The minimum absolute atomic E-state index is 0.0346. The fourth-order valence-electron chi connectivity index (χ4n) is 4.26. The number of carbonyl (C=O) groups excluding carboxylic acids is 2. The molecule has 2 amide bonds. The van der Waals surface area contributed by atoms with Gasteiger partial charge in [-0.3, -0.25) is 15.1 Å². The van der Waals surface area contributed by atoms with Crippen LogP contribution in [0.2, 0.25) is 0 Å². The largest absolute Gasteiger partial charge is 0.480 e. The van der Waals surface area contributed by atoms with E-state index in [1.807, 2.05) is 24.3 Å². The van der Waals surface area contributed by atoms with E-state index in [4.69, 9.17) is 4.74 Å². The number of aliphatic carboxylic acids is 1. The molecule has 0 saturated heterocycles. The lowest BCUT2D eigenvalue weighted by Gasteiger charge is -2.17. The maximum absolute atomic E-state index is 12.4. The first-order valence-electron chi connectivity index (χ1n) is 11.4. The van der Waals surface area contributed by atoms with Gasteiger partial charge in [-0.2, -0.15) is 0 Å². The Labute approximate surface area is 203 Å². The van der Waals surface area contributed by atoms with Crippen LogP contribution < -0.4 is 10.6 Å². The van der Waals surface area contributed by atoms with Gasteiger partial charge in [0.05, 0.1) is 18.3 Å². The summed E-state index contributed by atoms with van der Waals surface area (Å²) < 4.78 is 5.53.